The molecule has 1 aromatic carbocycles. The number of aromatic nitrogens is 2. The molecule has 1 atom stereocenters. The molecule has 4 amide bonds. The van der Waals surface area contributed by atoms with Gasteiger partial charge in [0.25, 0.3) is 5.82 Å². The van der Waals surface area contributed by atoms with Crippen molar-refractivity contribution >= 4 is 17.8 Å². The zero-order valence-electron chi connectivity index (χ0n) is 18.2. The fraction of sp³-hybridized carbons (Fsp3) is 0.455. The van der Waals surface area contributed by atoms with E-state index < -0.39 is 29.7 Å². The molecule has 160 valence electrons. The summed E-state index contributed by atoms with van der Waals surface area (Å²) in [5, 5.41) is 13.2. The molecule has 0 N–H and O–H groups in total. The maximum absolute atomic E-state index is 13.2. The average molecular weight is 412 g/mol. The Morgan fingerprint density at radius 3 is 2.03 bits per heavy atom. The van der Waals surface area contributed by atoms with Crippen LogP contribution >= 0.6 is 0 Å². The second kappa shape index (κ2) is 7.93. The number of hydrogen-bond acceptors (Lipinski definition) is 4. The van der Waals surface area contributed by atoms with Gasteiger partial charge in [0.2, 0.25) is 11.8 Å². The molecular weight excluding hydrogens is 384 g/mol. The molecule has 0 bridgehead atoms. The van der Waals surface area contributed by atoms with Crippen molar-refractivity contribution in [2.45, 2.75) is 40.2 Å². The van der Waals surface area contributed by atoms with E-state index in [9.17, 15) is 19.6 Å². The van der Waals surface area contributed by atoms with Gasteiger partial charge in [-0.2, -0.15) is 0 Å². The number of nitrogens with zero attached hydrogens (tertiary/aromatic N) is 4. The van der Waals surface area contributed by atoms with Crippen molar-refractivity contribution in [3.05, 3.63) is 58.3 Å². The number of hydrogen-bond donors (Lipinski definition) is 0. The van der Waals surface area contributed by atoms with E-state index in [0.29, 0.717) is 18.1 Å². The summed E-state index contributed by atoms with van der Waals surface area (Å²) in [5.41, 5.74) is 2.31. The quantitative estimate of drug-likeness (QED) is 0.428. The van der Waals surface area contributed by atoms with Crippen LogP contribution in [0, 0.1) is 30.9 Å². The summed E-state index contributed by atoms with van der Waals surface area (Å²) < 4.78 is 2.72. The lowest BCUT2D eigenvalue weighted by molar-refractivity contribution is -0.622. The number of benzene rings is 1. The lowest BCUT2D eigenvalue weighted by Crippen LogP contribution is -2.59. The molecule has 0 spiro atoms. The summed E-state index contributed by atoms with van der Waals surface area (Å²) in [4.78, 5) is 40.2. The molecular formula is C22H28N4O4. The summed E-state index contributed by atoms with van der Waals surface area (Å²) in [7, 11) is 2.73. The van der Waals surface area contributed by atoms with Crippen molar-refractivity contribution in [2.75, 3.05) is 14.1 Å². The second-order valence-corrected chi connectivity index (χ2v) is 8.22. The number of urea groups is 1. The van der Waals surface area contributed by atoms with Gasteiger partial charge in [-0.3, -0.25) is 19.4 Å². The van der Waals surface area contributed by atoms with Crippen molar-refractivity contribution < 1.29 is 19.1 Å². The van der Waals surface area contributed by atoms with Gasteiger partial charge < -0.3 is 5.21 Å². The van der Waals surface area contributed by atoms with Crippen LogP contribution in [0.1, 0.15) is 42.5 Å². The topological polar surface area (TPSA) is 89.6 Å². The third-order valence-corrected chi connectivity index (χ3v) is 6.04. The highest BCUT2D eigenvalue weighted by Crippen LogP contribution is 2.36. The lowest BCUT2D eigenvalue weighted by Gasteiger charge is -2.37. The van der Waals surface area contributed by atoms with E-state index in [1.165, 1.54) is 14.1 Å². The molecule has 1 fully saturated rings. The highest BCUT2D eigenvalue weighted by Gasteiger charge is 2.51. The number of amides is 4. The molecule has 30 heavy (non-hydrogen) atoms. The van der Waals surface area contributed by atoms with Gasteiger partial charge in [-0.15, -0.1) is 0 Å². The van der Waals surface area contributed by atoms with Gasteiger partial charge in [0.15, 0.2) is 0 Å². The first-order chi connectivity index (χ1) is 14.1. The van der Waals surface area contributed by atoms with Crippen LogP contribution < -0.4 is 4.73 Å². The molecule has 2 aromatic rings. The molecule has 1 unspecified atom stereocenters. The van der Waals surface area contributed by atoms with Crippen LogP contribution in [0.3, 0.4) is 0 Å². The van der Waals surface area contributed by atoms with Crippen LogP contribution in [0.4, 0.5) is 4.79 Å². The number of rotatable bonds is 5. The van der Waals surface area contributed by atoms with Crippen molar-refractivity contribution in [2.24, 2.45) is 11.8 Å². The van der Waals surface area contributed by atoms with E-state index in [-0.39, 0.29) is 5.92 Å². The van der Waals surface area contributed by atoms with Crippen LogP contribution in [-0.2, 0) is 16.1 Å². The van der Waals surface area contributed by atoms with Gasteiger partial charge in [0.05, 0.1) is 5.92 Å². The smallest absolute Gasteiger partial charge is 0.332 e. The molecule has 8 heteroatoms. The normalized spacial score (nSPS) is 16.7. The Bertz CT molecular complexity index is 972. The summed E-state index contributed by atoms with van der Waals surface area (Å²) in [5.74, 6) is -2.81. The molecule has 1 aliphatic rings. The molecule has 1 aliphatic heterocycles. The number of carbonyl (C=O) groups is 3. The van der Waals surface area contributed by atoms with Crippen molar-refractivity contribution in [3.8, 4) is 0 Å². The fourth-order valence-corrected chi connectivity index (χ4v) is 4.15. The van der Waals surface area contributed by atoms with Crippen molar-refractivity contribution in [3.63, 3.8) is 0 Å². The van der Waals surface area contributed by atoms with E-state index in [2.05, 4.69) is 0 Å². The number of barbiturate groups is 1. The Hall–Kier alpha value is -3.16. The van der Waals surface area contributed by atoms with E-state index in [0.717, 1.165) is 25.8 Å². The lowest BCUT2D eigenvalue weighted by atomic mass is 9.80. The van der Waals surface area contributed by atoms with Crippen LogP contribution in [0.5, 0.6) is 0 Å². The Kier molecular flexibility index (Phi) is 5.70. The van der Waals surface area contributed by atoms with Crippen LogP contribution in [-0.4, -0.2) is 46.3 Å². The standard InChI is InChI=1S/C22H28N4O4/c1-13(2)17(18-20(27)23(5)22(29)24(6)21(18)28)19-25(14(3)15(4)26(19)30)12-16-10-8-7-9-11-16/h7-11,13,17-18H,12H2,1-6H3. The highest BCUT2D eigenvalue weighted by atomic mass is 16.5. The van der Waals surface area contributed by atoms with E-state index >= 15 is 0 Å². The Labute approximate surface area is 176 Å². The molecule has 2 heterocycles. The Morgan fingerprint density at radius 1 is 1.00 bits per heavy atom. The van der Waals surface area contributed by atoms with Crippen LogP contribution in [0.15, 0.2) is 30.3 Å². The van der Waals surface area contributed by atoms with Gasteiger partial charge >= 0.3 is 6.03 Å². The molecule has 1 saturated heterocycles. The summed E-state index contributed by atoms with van der Waals surface area (Å²) in [6, 6.07) is 9.05. The first-order valence-electron chi connectivity index (χ1n) is 10.00. The average Bonchev–Trinajstić information content (AvgIpc) is 2.92. The number of carbonyl (C=O) groups excluding carboxylic acids is 3. The van der Waals surface area contributed by atoms with Gasteiger partial charge in [-0.25, -0.2) is 14.1 Å². The summed E-state index contributed by atoms with van der Waals surface area (Å²) >= 11 is 0. The van der Waals surface area contributed by atoms with Gasteiger partial charge in [-0.05, 0) is 11.5 Å². The molecule has 8 nitrogen and oxygen atoms in total. The monoisotopic (exact) mass is 412 g/mol. The zero-order chi connectivity index (χ0) is 22.3. The first kappa shape index (κ1) is 21.5. The largest absolute Gasteiger partial charge is 0.711 e. The Balaban J connectivity index is 2.18. The van der Waals surface area contributed by atoms with E-state index in [1.54, 1.807) is 6.92 Å². The van der Waals surface area contributed by atoms with Crippen LogP contribution in [0.2, 0.25) is 0 Å². The fourth-order valence-electron chi connectivity index (χ4n) is 4.15. The molecule has 0 aliphatic carbocycles. The van der Waals surface area contributed by atoms with Crippen molar-refractivity contribution in [1.29, 1.82) is 0 Å². The minimum absolute atomic E-state index is 0.193. The van der Waals surface area contributed by atoms with E-state index in [4.69, 9.17) is 0 Å². The number of imidazole rings is 1. The van der Waals surface area contributed by atoms with Gasteiger partial charge in [0, 0.05) is 27.9 Å². The zero-order valence-corrected chi connectivity index (χ0v) is 18.2. The maximum Gasteiger partial charge on any atom is 0.332 e. The number of imide groups is 2. The highest BCUT2D eigenvalue weighted by molar-refractivity contribution is 6.16. The Morgan fingerprint density at radius 2 is 1.53 bits per heavy atom. The molecule has 3 rings (SSSR count). The predicted octanol–water partition coefficient (Wildman–Crippen LogP) is 2.19. The first-order valence-corrected chi connectivity index (χ1v) is 10.00. The summed E-state index contributed by atoms with van der Waals surface area (Å²) in [6.07, 6.45) is 0. The van der Waals surface area contributed by atoms with Crippen molar-refractivity contribution in [1.82, 2.24) is 14.4 Å². The van der Waals surface area contributed by atoms with Gasteiger partial charge in [0.1, 0.15) is 23.9 Å². The summed E-state index contributed by atoms with van der Waals surface area (Å²) in [6.45, 7) is 7.80. The minimum Gasteiger partial charge on any atom is -0.711 e. The maximum atomic E-state index is 13.2. The SMILES string of the molecule is Cc1c(C)[n+]([O-])c(C(C(C)C)C2C(=O)N(C)C(=O)N(C)C2=O)n1Cc1ccccc1. The second-order valence-electron chi connectivity index (χ2n) is 8.22. The predicted molar refractivity (Wildman–Crippen MR) is 110 cm³/mol. The van der Waals surface area contributed by atoms with E-state index in [1.807, 2.05) is 55.7 Å². The van der Waals surface area contributed by atoms with Crippen LogP contribution in [0.25, 0.3) is 0 Å². The molecule has 1 aromatic heterocycles. The third-order valence-electron chi connectivity index (χ3n) is 6.04. The van der Waals surface area contributed by atoms with Gasteiger partial charge in [-0.1, -0.05) is 44.2 Å². The molecule has 0 saturated carbocycles. The molecule has 0 radical (unpaired) electrons. The third kappa shape index (κ3) is 3.36. The minimum atomic E-state index is -1.14.